The lowest BCUT2D eigenvalue weighted by Gasteiger charge is -2.18. The molecule has 0 aliphatic carbocycles. The fourth-order valence-electron chi connectivity index (χ4n) is 1.96. The van der Waals surface area contributed by atoms with Crippen LogP contribution in [0.25, 0.3) is 0 Å². The maximum absolute atomic E-state index is 14.0. The van der Waals surface area contributed by atoms with Crippen LogP contribution in [-0.2, 0) is 16.6 Å². The van der Waals surface area contributed by atoms with E-state index in [9.17, 15) is 12.8 Å². The van der Waals surface area contributed by atoms with Gasteiger partial charge in [-0.25, -0.2) is 12.8 Å². The molecule has 0 saturated heterocycles. The quantitative estimate of drug-likeness (QED) is 0.883. The van der Waals surface area contributed by atoms with Crippen molar-refractivity contribution in [1.82, 2.24) is 4.31 Å². The summed E-state index contributed by atoms with van der Waals surface area (Å²) in [5.41, 5.74) is 7.28. The van der Waals surface area contributed by atoms with E-state index in [-0.39, 0.29) is 12.2 Å². The Hall–Kier alpha value is -1.92. The Bertz CT molecular complexity index is 746. The molecule has 112 valence electrons. The van der Waals surface area contributed by atoms with Crippen LogP contribution in [0.1, 0.15) is 11.1 Å². The van der Waals surface area contributed by atoms with Gasteiger partial charge >= 0.3 is 0 Å². The summed E-state index contributed by atoms with van der Waals surface area (Å²) in [5, 5.41) is 0. The van der Waals surface area contributed by atoms with Crippen molar-refractivity contribution in [2.24, 2.45) is 0 Å². The highest BCUT2D eigenvalue weighted by molar-refractivity contribution is 7.89. The van der Waals surface area contributed by atoms with Crippen LogP contribution in [-0.4, -0.2) is 19.8 Å². The van der Waals surface area contributed by atoms with Crippen LogP contribution in [0, 0.1) is 12.7 Å². The largest absolute Gasteiger partial charge is 0.398 e. The number of aryl methyl sites for hydroxylation is 1. The number of nitrogens with zero attached hydrogens (tertiary/aromatic N) is 1. The molecular formula is C15H17FN2O2S. The Kier molecular flexibility index (Phi) is 4.29. The van der Waals surface area contributed by atoms with Gasteiger partial charge in [0.2, 0.25) is 10.0 Å². The first-order valence-corrected chi connectivity index (χ1v) is 7.82. The third-order valence-corrected chi connectivity index (χ3v) is 5.08. The summed E-state index contributed by atoms with van der Waals surface area (Å²) in [5.74, 6) is -0.790. The molecule has 2 N–H and O–H groups in total. The van der Waals surface area contributed by atoms with Gasteiger partial charge in [-0.15, -0.1) is 0 Å². The molecule has 0 atom stereocenters. The van der Waals surface area contributed by atoms with Gasteiger partial charge in [0.1, 0.15) is 10.7 Å². The smallest absolute Gasteiger partial charge is 0.246 e. The number of anilines is 1. The van der Waals surface area contributed by atoms with Crippen LogP contribution in [0.4, 0.5) is 10.1 Å². The van der Waals surface area contributed by atoms with E-state index in [4.69, 9.17) is 5.73 Å². The first-order valence-electron chi connectivity index (χ1n) is 6.38. The summed E-state index contributed by atoms with van der Waals surface area (Å²) in [4.78, 5) is -0.399. The number of halogens is 1. The van der Waals surface area contributed by atoms with Gasteiger partial charge in [0.25, 0.3) is 0 Å². The first kappa shape index (κ1) is 15.5. The van der Waals surface area contributed by atoms with Crippen molar-refractivity contribution in [2.75, 3.05) is 12.8 Å². The van der Waals surface area contributed by atoms with Gasteiger partial charge in [-0.2, -0.15) is 4.31 Å². The van der Waals surface area contributed by atoms with E-state index in [0.29, 0.717) is 5.56 Å². The number of hydrogen-bond donors (Lipinski definition) is 1. The van der Waals surface area contributed by atoms with Gasteiger partial charge in [-0.05, 0) is 30.2 Å². The van der Waals surface area contributed by atoms with E-state index < -0.39 is 20.7 Å². The fraction of sp³-hybridized carbons (Fsp3) is 0.200. The van der Waals surface area contributed by atoms with Gasteiger partial charge in [0.05, 0.1) is 0 Å². The topological polar surface area (TPSA) is 63.4 Å². The fourth-order valence-corrected chi connectivity index (χ4v) is 3.20. The summed E-state index contributed by atoms with van der Waals surface area (Å²) in [6, 6.07) is 11.4. The van der Waals surface area contributed by atoms with E-state index in [0.717, 1.165) is 15.9 Å². The molecule has 0 unspecified atom stereocenters. The minimum Gasteiger partial charge on any atom is -0.398 e. The lowest BCUT2D eigenvalue weighted by atomic mass is 10.2. The molecule has 2 aromatic rings. The van der Waals surface area contributed by atoms with Crippen molar-refractivity contribution in [3.8, 4) is 0 Å². The standard InChI is InChI=1S/C15H17FN2O2S/c1-11-8-13(16)15(9-14(11)17)21(19,20)18(2)10-12-6-4-3-5-7-12/h3-9H,10,17H2,1-2H3. The van der Waals surface area contributed by atoms with Crippen molar-refractivity contribution < 1.29 is 12.8 Å². The number of nitrogens with two attached hydrogens (primary N) is 1. The maximum atomic E-state index is 14.0. The molecule has 6 heteroatoms. The van der Waals surface area contributed by atoms with Gasteiger partial charge in [0.15, 0.2) is 0 Å². The first-order chi connectivity index (χ1) is 9.82. The summed E-state index contributed by atoms with van der Waals surface area (Å²) < 4.78 is 40.0. The molecule has 0 saturated carbocycles. The third kappa shape index (κ3) is 3.22. The van der Waals surface area contributed by atoms with E-state index in [2.05, 4.69) is 0 Å². The molecule has 21 heavy (non-hydrogen) atoms. The highest BCUT2D eigenvalue weighted by Crippen LogP contribution is 2.24. The van der Waals surface area contributed by atoms with Crippen LogP contribution in [0.5, 0.6) is 0 Å². The molecule has 0 amide bonds. The Morgan fingerprint density at radius 2 is 1.81 bits per heavy atom. The zero-order valence-corrected chi connectivity index (χ0v) is 12.7. The number of nitrogen functional groups attached to an aromatic ring is 1. The molecular weight excluding hydrogens is 291 g/mol. The highest BCUT2D eigenvalue weighted by atomic mass is 32.2. The second kappa shape index (κ2) is 5.83. The monoisotopic (exact) mass is 308 g/mol. The zero-order chi connectivity index (χ0) is 15.6. The molecule has 0 heterocycles. The molecule has 0 spiro atoms. The van der Waals surface area contributed by atoms with Crippen molar-refractivity contribution >= 4 is 15.7 Å². The number of hydrogen-bond acceptors (Lipinski definition) is 3. The Morgan fingerprint density at radius 1 is 1.19 bits per heavy atom. The van der Waals surface area contributed by atoms with Crippen molar-refractivity contribution in [3.63, 3.8) is 0 Å². The molecule has 2 rings (SSSR count). The molecule has 0 fully saturated rings. The van der Waals surface area contributed by atoms with Gasteiger partial charge in [0, 0.05) is 19.3 Å². The van der Waals surface area contributed by atoms with Crippen molar-refractivity contribution in [1.29, 1.82) is 0 Å². The minimum absolute atomic E-state index is 0.163. The Morgan fingerprint density at radius 3 is 2.43 bits per heavy atom. The van der Waals surface area contributed by atoms with Crippen molar-refractivity contribution in [3.05, 3.63) is 59.4 Å². The van der Waals surface area contributed by atoms with Crippen LogP contribution >= 0.6 is 0 Å². The van der Waals surface area contributed by atoms with Gasteiger partial charge in [-0.1, -0.05) is 30.3 Å². The molecule has 2 aromatic carbocycles. The normalized spacial score (nSPS) is 11.8. The average Bonchev–Trinajstić information content (AvgIpc) is 2.43. The Labute approximate surface area is 124 Å². The molecule has 0 radical (unpaired) electrons. The summed E-state index contributed by atoms with van der Waals surface area (Å²) >= 11 is 0. The number of rotatable bonds is 4. The molecule has 0 aliphatic heterocycles. The molecule has 0 aliphatic rings. The molecule has 4 nitrogen and oxygen atoms in total. The Balaban J connectivity index is 2.36. The van der Waals surface area contributed by atoms with Crippen molar-refractivity contribution in [2.45, 2.75) is 18.4 Å². The van der Waals surface area contributed by atoms with Gasteiger partial charge in [-0.3, -0.25) is 0 Å². The average molecular weight is 308 g/mol. The summed E-state index contributed by atoms with van der Waals surface area (Å²) in [6.07, 6.45) is 0. The van der Waals surface area contributed by atoms with E-state index >= 15 is 0 Å². The second-order valence-electron chi connectivity index (χ2n) is 4.89. The zero-order valence-electron chi connectivity index (χ0n) is 11.9. The highest BCUT2D eigenvalue weighted by Gasteiger charge is 2.25. The number of sulfonamides is 1. The van der Waals surface area contributed by atoms with E-state index in [1.54, 1.807) is 6.92 Å². The van der Waals surface area contributed by atoms with Gasteiger partial charge < -0.3 is 5.73 Å². The summed E-state index contributed by atoms with van der Waals surface area (Å²) in [7, 11) is -2.51. The SMILES string of the molecule is Cc1cc(F)c(S(=O)(=O)N(C)Cc2ccccc2)cc1N. The maximum Gasteiger partial charge on any atom is 0.246 e. The predicted molar refractivity (Wildman–Crippen MR) is 80.6 cm³/mol. The number of benzene rings is 2. The van der Waals surface area contributed by atoms with Crippen LogP contribution in [0.15, 0.2) is 47.4 Å². The third-order valence-electron chi connectivity index (χ3n) is 3.26. The van der Waals surface area contributed by atoms with Crippen LogP contribution in [0.2, 0.25) is 0 Å². The molecule has 0 aromatic heterocycles. The van der Waals surface area contributed by atoms with Crippen LogP contribution < -0.4 is 5.73 Å². The van der Waals surface area contributed by atoms with E-state index in [1.165, 1.54) is 13.1 Å². The lowest BCUT2D eigenvalue weighted by Crippen LogP contribution is -2.27. The predicted octanol–water partition coefficient (Wildman–Crippen LogP) is 2.54. The summed E-state index contributed by atoms with van der Waals surface area (Å²) in [6.45, 7) is 1.79. The lowest BCUT2D eigenvalue weighted by molar-refractivity contribution is 0.460. The van der Waals surface area contributed by atoms with E-state index in [1.807, 2.05) is 30.3 Å². The second-order valence-corrected chi connectivity index (χ2v) is 6.90. The van der Waals surface area contributed by atoms with Crippen LogP contribution in [0.3, 0.4) is 0 Å². The molecule has 0 bridgehead atoms. The minimum atomic E-state index is -3.93.